The molecular formula is C19H18N2. The Morgan fingerprint density at radius 2 is 1.67 bits per heavy atom. The summed E-state index contributed by atoms with van der Waals surface area (Å²) in [6.07, 6.45) is 3.99. The Bertz CT molecular complexity index is 764. The molecule has 0 saturated heterocycles. The van der Waals surface area contributed by atoms with Gasteiger partial charge in [-0.3, -0.25) is 4.98 Å². The lowest BCUT2D eigenvalue weighted by Gasteiger charge is -2.20. The molecule has 1 aromatic heterocycles. The van der Waals surface area contributed by atoms with Gasteiger partial charge in [-0.25, -0.2) is 0 Å². The molecule has 2 heteroatoms. The molecule has 2 aromatic carbocycles. The van der Waals surface area contributed by atoms with Gasteiger partial charge >= 0.3 is 0 Å². The molecule has 0 spiro atoms. The molecule has 1 aliphatic carbocycles. The van der Waals surface area contributed by atoms with Gasteiger partial charge in [-0.05, 0) is 47.6 Å². The third-order valence-corrected chi connectivity index (χ3v) is 4.63. The van der Waals surface area contributed by atoms with Gasteiger partial charge in [0.1, 0.15) is 0 Å². The summed E-state index contributed by atoms with van der Waals surface area (Å²) in [5.74, 6) is 0.480. The lowest BCUT2D eigenvalue weighted by Crippen LogP contribution is -2.22. The monoisotopic (exact) mass is 274 g/mol. The molecule has 1 unspecified atom stereocenters. The topological polar surface area (TPSA) is 38.9 Å². The molecular weight excluding hydrogens is 256 g/mol. The molecule has 1 aliphatic rings. The van der Waals surface area contributed by atoms with Crippen LogP contribution in [0, 0.1) is 5.92 Å². The zero-order valence-corrected chi connectivity index (χ0v) is 11.9. The van der Waals surface area contributed by atoms with Gasteiger partial charge in [0.15, 0.2) is 0 Å². The molecule has 2 N–H and O–H groups in total. The quantitative estimate of drug-likeness (QED) is 0.774. The second-order valence-electron chi connectivity index (χ2n) is 5.88. The van der Waals surface area contributed by atoms with Gasteiger partial charge in [-0.15, -0.1) is 0 Å². The number of nitrogens with zero attached hydrogens (tertiary/aromatic N) is 1. The summed E-state index contributed by atoms with van der Waals surface area (Å²) in [7, 11) is 0. The second-order valence-corrected chi connectivity index (χ2v) is 5.88. The molecule has 0 aliphatic heterocycles. The molecule has 0 radical (unpaired) electrons. The predicted octanol–water partition coefficient (Wildman–Crippen LogP) is 3.65. The van der Waals surface area contributed by atoms with E-state index in [-0.39, 0.29) is 6.04 Å². The van der Waals surface area contributed by atoms with Crippen LogP contribution in [0.2, 0.25) is 0 Å². The van der Waals surface area contributed by atoms with E-state index in [2.05, 4.69) is 53.5 Å². The number of rotatable bonds is 2. The van der Waals surface area contributed by atoms with Gasteiger partial charge in [0, 0.05) is 17.6 Å². The first-order valence-electron chi connectivity index (χ1n) is 7.49. The van der Waals surface area contributed by atoms with E-state index in [4.69, 9.17) is 5.73 Å². The van der Waals surface area contributed by atoms with Crippen molar-refractivity contribution < 1.29 is 0 Å². The average Bonchev–Trinajstić information content (AvgIpc) is 2.97. The van der Waals surface area contributed by atoms with Crippen LogP contribution in [0.15, 0.2) is 60.8 Å². The Kier molecular flexibility index (Phi) is 2.97. The van der Waals surface area contributed by atoms with E-state index in [1.165, 1.54) is 22.1 Å². The van der Waals surface area contributed by atoms with Crippen molar-refractivity contribution in [3.05, 3.63) is 77.5 Å². The number of hydrogen-bond acceptors (Lipinski definition) is 2. The zero-order valence-electron chi connectivity index (χ0n) is 11.9. The zero-order chi connectivity index (χ0) is 14.2. The third kappa shape index (κ3) is 2.12. The van der Waals surface area contributed by atoms with Gasteiger partial charge in [-0.1, -0.05) is 42.5 Å². The van der Waals surface area contributed by atoms with Crippen LogP contribution in [-0.2, 0) is 12.8 Å². The van der Waals surface area contributed by atoms with Gasteiger partial charge in [0.2, 0.25) is 0 Å². The highest BCUT2D eigenvalue weighted by Gasteiger charge is 2.27. The van der Waals surface area contributed by atoms with Gasteiger partial charge in [0.25, 0.3) is 0 Å². The highest BCUT2D eigenvalue weighted by Crippen LogP contribution is 2.35. The number of hydrogen-bond donors (Lipinski definition) is 1. The molecule has 0 bridgehead atoms. The summed E-state index contributed by atoms with van der Waals surface area (Å²) >= 11 is 0. The minimum atomic E-state index is 0.0605. The SMILES string of the molecule is NC(c1cccc2ncccc12)C1Cc2ccccc2C1. The van der Waals surface area contributed by atoms with Crippen LogP contribution >= 0.6 is 0 Å². The minimum Gasteiger partial charge on any atom is -0.324 e. The lowest BCUT2D eigenvalue weighted by molar-refractivity contribution is 0.456. The van der Waals surface area contributed by atoms with Crippen LogP contribution < -0.4 is 5.73 Å². The summed E-state index contributed by atoms with van der Waals surface area (Å²) in [5, 5.41) is 1.18. The van der Waals surface area contributed by atoms with Gasteiger partial charge in [-0.2, -0.15) is 0 Å². The highest BCUT2D eigenvalue weighted by atomic mass is 14.7. The first-order chi connectivity index (χ1) is 10.3. The van der Waals surface area contributed by atoms with Crippen molar-refractivity contribution in [2.24, 2.45) is 11.7 Å². The molecule has 0 fully saturated rings. The summed E-state index contributed by atoms with van der Waals surface area (Å²) in [6, 6.07) is 19.1. The fraction of sp³-hybridized carbons (Fsp3) is 0.211. The second kappa shape index (κ2) is 4.97. The third-order valence-electron chi connectivity index (χ3n) is 4.63. The molecule has 1 heterocycles. The normalized spacial score (nSPS) is 16.0. The van der Waals surface area contributed by atoms with Crippen LogP contribution in [0.1, 0.15) is 22.7 Å². The van der Waals surface area contributed by atoms with Crippen molar-refractivity contribution in [1.29, 1.82) is 0 Å². The molecule has 104 valence electrons. The predicted molar refractivity (Wildman–Crippen MR) is 86.0 cm³/mol. The molecule has 3 aromatic rings. The number of nitrogens with two attached hydrogens (primary N) is 1. The van der Waals surface area contributed by atoms with Crippen LogP contribution in [0.4, 0.5) is 0 Å². The molecule has 1 atom stereocenters. The number of aromatic nitrogens is 1. The largest absolute Gasteiger partial charge is 0.324 e. The molecule has 4 rings (SSSR count). The standard InChI is InChI=1S/C19H18N2/c20-19(15-11-13-5-1-2-6-14(13)12-15)17-7-3-9-18-16(17)8-4-10-21-18/h1-10,15,19H,11-12,20H2. The number of benzene rings is 2. The first kappa shape index (κ1) is 12.5. The van der Waals surface area contributed by atoms with Crippen LogP contribution in [0.3, 0.4) is 0 Å². The smallest absolute Gasteiger partial charge is 0.0705 e. The Morgan fingerprint density at radius 3 is 2.43 bits per heavy atom. The van der Waals surface area contributed by atoms with E-state index in [1.807, 2.05) is 12.3 Å². The minimum absolute atomic E-state index is 0.0605. The van der Waals surface area contributed by atoms with Crippen molar-refractivity contribution in [2.45, 2.75) is 18.9 Å². The van der Waals surface area contributed by atoms with E-state index in [9.17, 15) is 0 Å². The lowest BCUT2D eigenvalue weighted by atomic mass is 9.89. The van der Waals surface area contributed by atoms with Gasteiger partial charge in [0.05, 0.1) is 5.52 Å². The fourth-order valence-corrected chi connectivity index (χ4v) is 3.52. The van der Waals surface area contributed by atoms with E-state index in [0.717, 1.165) is 18.4 Å². The van der Waals surface area contributed by atoms with Crippen molar-refractivity contribution in [3.8, 4) is 0 Å². The highest BCUT2D eigenvalue weighted by molar-refractivity contribution is 5.82. The fourth-order valence-electron chi connectivity index (χ4n) is 3.52. The average molecular weight is 274 g/mol. The van der Waals surface area contributed by atoms with Crippen molar-refractivity contribution >= 4 is 10.9 Å². The van der Waals surface area contributed by atoms with Crippen molar-refractivity contribution in [3.63, 3.8) is 0 Å². The Labute approximate surface area is 124 Å². The first-order valence-corrected chi connectivity index (χ1v) is 7.49. The summed E-state index contributed by atoms with van der Waals surface area (Å²) in [5.41, 5.74) is 11.8. The molecule has 0 saturated carbocycles. The molecule has 0 amide bonds. The van der Waals surface area contributed by atoms with E-state index in [0.29, 0.717) is 5.92 Å². The number of fused-ring (bicyclic) bond motifs is 2. The van der Waals surface area contributed by atoms with E-state index in [1.54, 1.807) is 0 Å². The maximum Gasteiger partial charge on any atom is 0.0705 e. The van der Waals surface area contributed by atoms with Crippen molar-refractivity contribution in [1.82, 2.24) is 4.98 Å². The van der Waals surface area contributed by atoms with Crippen LogP contribution in [0.5, 0.6) is 0 Å². The molecule has 21 heavy (non-hydrogen) atoms. The number of pyridine rings is 1. The summed E-state index contributed by atoms with van der Waals surface area (Å²) < 4.78 is 0. The Balaban J connectivity index is 1.71. The molecule has 2 nitrogen and oxygen atoms in total. The van der Waals surface area contributed by atoms with Gasteiger partial charge < -0.3 is 5.73 Å². The maximum absolute atomic E-state index is 6.62. The van der Waals surface area contributed by atoms with E-state index < -0.39 is 0 Å². The summed E-state index contributed by atoms with van der Waals surface area (Å²) in [6.45, 7) is 0. The Morgan fingerprint density at radius 1 is 0.905 bits per heavy atom. The van der Waals surface area contributed by atoms with E-state index >= 15 is 0 Å². The maximum atomic E-state index is 6.62. The van der Waals surface area contributed by atoms with Crippen molar-refractivity contribution in [2.75, 3.05) is 0 Å². The summed E-state index contributed by atoms with van der Waals surface area (Å²) in [4.78, 5) is 4.43. The Hall–Kier alpha value is -2.19. The van der Waals surface area contributed by atoms with Crippen LogP contribution in [-0.4, -0.2) is 4.98 Å². The van der Waals surface area contributed by atoms with Crippen LogP contribution in [0.25, 0.3) is 10.9 Å².